The maximum atomic E-state index is 12.5. The van der Waals surface area contributed by atoms with Gasteiger partial charge in [0.15, 0.2) is 0 Å². The average Bonchev–Trinajstić information content (AvgIpc) is 3.25. The Balaban J connectivity index is 1.39. The predicted molar refractivity (Wildman–Crippen MR) is 92.8 cm³/mol. The van der Waals surface area contributed by atoms with Crippen molar-refractivity contribution in [2.75, 3.05) is 12.4 Å². The number of aromatic nitrogens is 2. The molecule has 1 aliphatic carbocycles. The summed E-state index contributed by atoms with van der Waals surface area (Å²) in [5, 5.41) is 11.4. The van der Waals surface area contributed by atoms with E-state index >= 15 is 0 Å². The lowest BCUT2D eigenvalue weighted by atomic mass is 10.0. The second-order valence-electron chi connectivity index (χ2n) is 6.41. The van der Waals surface area contributed by atoms with Gasteiger partial charge in [0, 0.05) is 25.5 Å². The van der Waals surface area contributed by atoms with Crippen LogP contribution in [-0.4, -0.2) is 34.6 Å². The number of hydrogen-bond donors (Lipinski definition) is 1. The summed E-state index contributed by atoms with van der Waals surface area (Å²) in [6, 6.07) is 9.48. The number of benzene rings is 1. The number of aryl methyl sites for hydroxylation is 1. The molecular formula is C18H20N4O3. The van der Waals surface area contributed by atoms with E-state index in [0.717, 1.165) is 22.7 Å². The zero-order chi connectivity index (χ0) is 17.4. The highest BCUT2D eigenvalue weighted by molar-refractivity contribution is 6.06. The van der Waals surface area contributed by atoms with Gasteiger partial charge in [-0.1, -0.05) is 5.16 Å². The zero-order valence-corrected chi connectivity index (χ0v) is 14.2. The second-order valence-corrected chi connectivity index (χ2v) is 6.41. The SMILES string of the molecule is COc1ccc(C2=NOC(C(=O)Nc3cc(C4CC4)nn3C)C2)cc1. The first kappa shape index (κ1) is 15.7. The normalized spacial score (nSPS) is 19.3. The summed E-state index contributed by atoms with van der Waals surface area (Å²) < 4.78 is 6.85. The van der Waals surface area contributed by atoms with Crippen molar-refractivity contribution in [1.29, 1.82) is 0 Å². The Labute approximate surface area is 145 Å². The van der Waals surface area contributed by atoms with E-state index in [9.17, 15) is 4.79 Å². The minimum atomic E-state index is -0.628. The molecule has 7 heteroatoms. The van der Waals surface area contributed by atoms with Crippen molar-refractivity contribution in [2.45, 2.75) is 31.3 Å². The van der Waals surface area contributed by atoms with Crippen molar-refractivity contribution in [3.8, 4) is 5.75 Å². The van der Waals surface area contributed by atoms with Gasteiger partial charge in [-0.15, -0.1) is 0 Å². The Morgan fingerprint density at radius 3 is 2.76 bits per heavy atom. The highest BCUT2D eigenvalue weighted by Crippen LogP contribution is 2.39. The average molecular weight is 340 g/mol. The van der Waals surface area contributed by atoms with E-state index in [2.05, 4.69) is 15.6 Å². The van der Waals surface area contributed by atoms with Gasteiger partial charge in [0.05, 0.1) is 18.5 Å². The van der Waals surface area contributed by atoms with Crippen LogP contribution >= 0.6 is 0 Å². The van der Waals surface area contributed by atoms with E-state index in [1.54, 1.807) is 11.8 Å². The highest BCUT2D eigenvalue weighted by Gasteiger charge is 2.31. The fourth-order valence-electron chi connectivity index (χ4n) is 2.86. The Bertz CT molecular complexity index is 821. The second kappa shape index (κ2) is 6.23. The van der Waals surface area contributed by atoms with Gasteiger partial charge in [-0.3, -0.25) is 9.48 Å². The van der Waals surface area contributed by atoms with Crippen molar-refractivity contribution < 1.29 is 14.4 Å². The number of carbonyl (C=O) groups is 1. The number of nitrogens with one attached hydrogen (secondary N) is 1. The van der Waals surface area contributed by atoms with Gasteiger partial charge in [-0.2, -0.15) is 5.10 Å². The number of carbonyl (C=O) groups excluding carboxylic acids is 1. The fraction of sp³-hybridized carbons (Fsp3) is 0.389. The molecule has 25 heavy (non-hydrogen) atoms. The molecule has 0 radical (unpaired) electrons. The minimum Gasteiger partial charge on any atom is -0.497 e. The van der Waals surface area contributed by atoms with Crippen molar-refractivity contribution in [3.05, 3.63) is 41.6 Å². The number of hydrogen-bond acceptors (Lipinski definition) is 5. The quantitative estimate of drug-likeness (QED) is 0.907. The first-order valence-electron chi connectivity index (χ1n) is 8.36. The Hall–Kier alpha value is -2.83. The van der Waals surface area contributed by atoms with Crippen molar-refractivity contribution in [3.63, 3.8) is 0 Å². The molecule has 1 atom stereocenters. The molecule has 0 spiro atoms. The van der Waals surface area contributed by atoms with E-state index in [1.165, 1.54) is 12.8 Å². The summed E-state index contributed by atoms with van der Waals surface area (Å²) in [5.74, 6) is 1.80. The molecule has 1 aliphatic heterocycles. The van der Waals surface area contributed by atoms with E-state index < -0.39 is 6.10 Å². The van der Waals surface area contributed by atoms with E-state index in [0.29, 0.717) is 18.2 Å². The van der Waals surface area contributed by atoms with Crippen LogP contribution in [0.15, 0.2) is 35.5 Å². The van der Waals surface area contributed by atoms with Crippen LogP contribution < -0.4 is 10.1 Å². The maximum Gasteiger partial charge on any atom is 0.269 e. The Morgan fingerprint density at radius 1 is 1.32 bits per heavy atom. The van der Waals surface area contributed by atoms with Crippen LogP contribution in [-0.2, 0) is 16.7 Å². The molecule has 2 aromatic rings. The first-order chi connectivity index (χ1) is 12.1. The molecule has 7 nitrogen and oxygen atoms in total. The summed E-state index contributed by atoms with van der Waals surface area (Å²) in [5.41, 5.74) is 2.72. The largest absolute Gasteiger partial charge is 0.497 e. The number of amides is 1. The van der Waals surface area contributed by atoms with E-state index in [4.69, 9.17) is 9.57 Å². The van der Waals surface area contributed by atoms with Gasteiger partial charge in [-0.05, 0) is 42.7 Å². The van der Waals surface area contributed by atoms with E-state index in [1.807, 2.05) is 37.4 Å². The molecule has 1 unspecified atom stereocenters. The lowest BCUT2D eigenvalue weighted by molar-refractivity contribution is -0.125. The van der Waals surface area contributed by atoms with E-state index in [-0.39, 0.29) is 5.91 Å². The molecular weight excluding hydrogens is 320 g/mol. The summed E-state index contributed by atoms with van der Waals surface area (Å²) in [6.45, 7) is 0. The van der Waals surface area contributed by atoms with Gasteiger partial charge < -0.3 is 14.9 Å². The number of rotatable bonds is 5. The Morgan fingerprint density at radius 2 is 2.08 bits per heavy atom. The number of nitrogens with zero attached hydrogens (tertiary/aromatic N) is 3. The van der Waals surface area contributed by atoms with Crippen LogP contribution in [0.25, 0.3) is 0 Å². The van der Waals surface area contributed by atoms with Crippen molar-refractivity contribution >= 4 is 17.4 Å². The maximum absolute atomic E-state index is 12.5. The number of ether oxygens (including phenoxy) is 1. The third kappa shape index (κ3) is 3.22. The molecule has 1 fully saturated rings. The van der Waals surface area contributed by atoms with Crippen LogP contribution in [0.3, 0.4) is 0 Å². The molecule has 0 bridgehead atoms. The Kier molecular flexibility index (Phi) is 3.91. The molecule has 4 rings (SSSR count). The van der Waals surface area contributed by atoms with Crippen molar-refractivity contribution in [1.82, 2.24) is 9.78 Å². The first-order valence-corrected chi connectivity index (χ1v) is 8.36. The summed E-state index contributed by atoms with van der Waals surface area (Å²) in [4.78, 5) is 17.8. The van der Waals surface area contributed by atoms with Crippen LogP contribution in [0, 0.1) is 0 Å². The number of methoxy groups -OCH3 is 1. The molecule has 2 heterocycles. The molecule has 1 aromatic carbocycles. The molecule has 1 amide bonds. The van der Waals surface area contributed by atoms with Gasteiger partial charge in [0.2, 0.25) is 6.10 Å². The van der Waals surface area contributed by atoms with Gasteiger partial charge in [0.25, 0.3) is 5.91 Å². The van der Waals surface area contributed by atoms with Crippen molar-refractivity contribution in [2.24, 2.45) is 12.2 Å². The standard InChI is InChI=1S/C18H20N4O3/c1-22-17(10-14(20-22)11-3-4-11)19-18(23)16-9-15(21-25-16)12-5-7-13(24-2)8-6-12/h5-8,10-11,16H,3-4,9H2,1-2H3,(H,19,23). The highest BCUT2D eigenvalue weighted by atomic mass is 16.6. The number of oxime groups is 1. The summed E-state index contributed by atoms with van der Waals surface area (Å²) in [7, 11) is 3.45. The van der Waals surface area contributed by atoms with Crippen LogP contribution in [0.1, 0.15) is 36.4 Å². The van der Waals surface area contributed by atoms with Crippen LogP contribution in [0.5, 0.6) is 5.75 Å². The van der Waals surface area contributed by atoms with Gasteiger partial charge in [0.1, 0.15) is 11.6 Å². The van der Waals surface area contributed by atoms with Gasteiger partial charge in [-0.25, -0.2) is 0 Å². The monoisotopic (exact) mass is 340 g/mol. The summed E-state index contributed by atoms with van der Waals surface area (Å²) >= 11 is 0. The topological polar surface area (TPSA) is 77.7 Å². The lowest BCUT2D eigenvalue weighted by Gasteiger charge is -2.09. The number of anilines is 1. The molecule has 130 valence electrons. The predicted octanol–water partition coefficient (Wildman–Crippen LogP) is 2.44. The zero-order valence-electron chi connectivity index (χ0n) is 14.2. The van der Waals surface area contributed by atoms with Gasteiger partial charge >= 0.3 is 0 Å². The molecule has 1 saturated carbocycles. The third-order valence-corrected chi connectivity index (χ3v) is 4.53. The molecule has 0 saturated heterocycles. The fourth-order valence-corrected chi connectivity index (χ4v) is 2.86. The third-order valence-electron chi connectivity index (χ3n) is 4.53. The van der Waals surface area contributed by atoms with Crippen LogP contribution in [0.4, 0.5) is 5.82 Å². The molecule has 1 aromatic heterocycles. The lowest BCUT2D eigenvalue weighted by Crippen LogP contribution is -2.28. The molecule has 1 N–H and O–H groups in total. The minimum absolute atomic E-state index is 0.211. The molecule has 2 aliphatic rings. The smallest absolute Gasteiger partial charge is 0.269 e. The van der Waals surface area contributed by atoms with Crippen LogP contribution in [0.2, 0.25) is 0 Å². The summed E-state index contributed by atoms with van der Waals surface area (Å²) in [6.07, 6.45) is 2.16.